The third-order valence-electron chi connectivity index (χ3n) is 0.494. The summed E-state index contributed by atoms with van der Waals surface area (Å²) in [6.45, 7) is 4.53. The largest absolute Gasteiger partial charge is 0.412 e. The molecule has 0 heterocycles. The summed E-state index contributed by atoms with van der Waals surface area (Å²) in [5, 5.41) is 0. The van der Waals surface area contributed by atoms with E-state index in [2.05, 4.69) is 11.5 Å². The molecular weight excluding hydrogens is 104 g/mol. The maximum Gasteiger partial charge on any atom is 0.0154 e. The number of hydrogen-bond donors (Lipinski definition) is 1. The van der Waals surface area contributed by atoms with E-state index in [-0.39, 0.29) is 11.6 Å². The van der Waals surface area contributed by atoms with Crippen LogP contribution in [0, 0.1) is 0 Å². The zero-order chi connectivity index (χ0) is 4.99. The number of rotatable bonds is 2. The van der Waals surface area contributed by atoms with Crippen LogP contribution in [0.15, 0.2) is 12.7 Å². The molecule has 0 saturated heterocycles. The third kappa shape index (κ3) is 17.5. The molecule has 0 fully saturated rings. The summed E-state index contributed by atoms with van der Waals surface area (Å²) in [4.78, 5) is 2.06. The molecule has 0 saturated carbocycles. The quantitative estimate of drug-likeness (QED) is 0.524. The lowest BCUT2D eigenvalue weighted by Crippen LogP contribution is -2.09. The van der Waals surface area contributed by atoms with Gasteiger partial charge in [-0.2, -0.15) is 0 Å². The van der Waals surface area contributed by atoms with Crippen molar-refractivity contribution in [3.8, 4) is 0 Å². The van der Waals surface area contributed by atoms with Crippen molar-refractivity contribution in [1.82, 2.24) is 11.1 Å². The summed E-state index contributed by atoms with van der Waals surface area (Å²) in [7, 11) is 4.03. The van der Waals surface area contributed by atoms with Crippen molar-refractivity contribution in [2.24, 2.45) is 0 Å². The maximum atomic E-state index is 3.56. The fraction of sp³-hybridized carbons (Fsp3) is 0.600. The molecule has 0 atom stereocenters. The minimum atomic E-state index is 0. The van der Waals surface area contributed by atoms with E-state index >= 15 is 0 Å². The molecule has 0 aromatic heterocycles. The summed E-state index contributed by atoms with van der Waals surface area (Å²) < 4.78 is 0. The Hall–Kier alpha value is -0.380. The predicted octanol–water partition coefficient (Wildman–Crippen LogP) is 0.0713. The molecule has 0 aliphatic carbocycles. The molecule has 0 radical (unpaired) electrons. The highest BCUT2D eigenvalue weighted by Crippen LogP contribution is 1.69. The number of nitrogens with zero attached hydrogens (tertiary/aromatic N) is 1. The second kappa shape index (κ2) is 9.80. The van der Waals surface area contributed by atoms with Crippen LogP contribution < -0.4 is 6.15 Å². The van der Waals surface area contributed by atoms with Crippen molar-refractivity contribution < 1.29 is 5.48 Å². The lowest BCUT2D eigenvalue weighted by Gasteiger charge is -2.01. The molecule has 0 unspecified atom stereocenters. The molecule has 0 aliphatic rings. The standard InChI is InChI=1S/C5H11N.H3N.H2O/c1-4-5-6(2)3;;/h4H,1,5H2,2-3H3;1H3;1H2. The SMILES string of the molecule is C=CCN(C)C.N.O. The zero-order valence-corrected chi connectivity index (χ0v) is 5.65. The van der Waals surface area contributed by atoms with Crippen molar-refractivity contribution in [2.45, 2.75) is 0 Å². The summed E-state index contributed by atoms with van der Waals surface area (Å²) in [5.41, 5.74) is 0. The monoisotopic (exact) mass is 120 g/mol. The van der Waals surface area contributed by atoms with Gasteiger partial charge in [0.05, 0.1) is 0 Å². The second-order valence-corrected chi connectivity index (χ2v) is 1.55. The van der Waals surface area contributed by atoms with Crippen LogP contribution in [0.25, 0.3) is 0 Å². The Balaban J connectivity index is -0.000000125. The first-order valence-corrected chi connectivity index (χ1v) is 2.03. The fourth-order valence-corrected chi connectivity index (χ4v) is 0.258. The predicted molar refractivity (Wildman–Crippen MR) is 37.4 cm³/mol. The van der Waals surface area contributed by atoms with Gasteiger partial charge >= 0.3 is 0 Å². The summed E-state index contributed by atoms with van der Waals surface area (Å²) in [5.74, 6) is 0. The number of hydrogen-bond acceptors (Lipinski definition) is 2. The molecule has 52 valence electrons. The van der Waals surface area contributed by atoms with Gasteiger partial charge in [-0.15, -0.1) is 6.58 Å². The highest BCUT2D eigenvalue weighted by molar-refractivity contribution is 4.68. The molecule has 0 amide bonds. The van der Waals surface area contributed by atoms with Gasteiger partial charge in [-0.05, 0) is 14.1 Å². The van der Waals surface area contributed by atoms with Gasteiger partial charge in [0, 0.05) is 6.54 Å². The van der Waals surface area contributed by atoms with Crippen LogP contribution >= 0.6 is 0 Å². The van der Waals surface area contributed by atoms with E-state index in [4.69, 9.17) is 0 Å². The molecule has 0 rings (SSSR count). The highest BCUT2D eigenvalue weighted by atomic mass is 16.0. The Labute approximate surface area is 50.9 Å². The first kappa shape index (κ1) is 15.6. The molecule has 5 N–H and O–H groups in total. The van der Waals surface area contributed by atoms with Gasteiger partial charge in [0.25, 0.3) is 0 Å². The molecule has 0 aromatic rings. The first-order valence-electron chi connectivity index (χ1n) is 2.03. The topological polar surface area (TPSA) is 69.7 Å². The molecular formula is C5H16N2O. The van der Waals surface area contributed by atoms with Crippen molar-refractivity contribution in [1.29, 1.82) is 0 Å². The normalized spacial score (nSPS) is 6.88. The molecule has 8 heavy (non-hydrogen) atoms. The van der Waals surface area contributed by atoms with E-state index in [0.29, 0.717) is 0 Å². The Morgan fingerprint density at radius 3 is 1.88 bits per heavy atom. The highest BCUT2D eigenvalue weighted by Gasteiger charge is 1.75. The van der Waals surface area contributed by atoms with Crippen molar-refractivity contribution in [3.05, 3.63) is 12.7 Å². The van der Waals surface area contributed by atoms with Gasteiger partial charge in [-0.25, -0.2) is 0 Å². The van der Waals surface area contributed by atoms with Crippen LogP contribution in [0.2, 0.25) is 0 Å². The van der Waals surface area contributed by atoms with Crippen LogP contribution in [-0.4, -0.2) is 31.0 Å². The van der Waals surface area contributed by atoms with Gasteiger partial charge in [0.2, 0.25) is 0 Å². The van der Waals surface area contributed by atoms with E-state index in [0.717, 1.165) is 6.54 Å². The Morgan fingerprint density at radius 2 is 1.88 bits per heavy atom. The summed E-state index contributed by atoms with van der Waals surface area (Å²) >= 11 is 0. The molecule has 0 bridgehead atoms. The van der Waals surface area contributed by atoms with Crippen molar-refractivity contribution >= 4 is 0 Å². The fourth-order valence-electron chi connectivity index (χ4n) is 0.258. The zero-order valence-electron chi connectivity index (χ0n) is 5.65. The van der Waals surface area contributed by atoms with Crippen LogP contribution in [0.5, 0.6) is 0 Å². The molecule has 0 aliphatic heterocycles. The van der Waals surface area contributed by atoms with E-state index in [9.17, 15) is 0 Å². The van der Waals surface area contributed by atoms with Gasteiger partial charge in [0.15, 0.2) is 0 Å². The van der Waals surface area contributed by atoms with Crippen LogP contribution in [-0.2, 0) is 0 Å². The average Bonchev–Trinajstić information content (AvgIpc) is 1.35. The van der Waals surface area contributed by atoms with Crippen molar-refractivity contribution in [2.75, 3.05) is 20.6 Å². The van der Waals surface area contributed by atoms with Crippen molar-refractivity contribution in [3.63, 3.8) is 0 Å². The maximum absolute atomic E-state index is 3.56. The van der Waals surface area contributed by atoms with Crippen LogP contribution in [0.1, 0.15) is 0 Å². The Morgan fingerprint density at radius 1 is 1.50 bits per heavy atom. The minimum Gasteiger partial charge on any atom is -0.412 e. The van der Waals surface area contributed by atoms with E-state index < -0.39 is 0 Å². The van der Waals surface area contributed by atoms with E-state index in [1.165, 1.54) is 0 Å². The lowest BCUT2D eigenvalue weighted by atomic mass is 10.6. The number of likely N-dealkylation sites (N-methyl/N-ethyl adjacent to an activating group) is 1. The summed E-state index contributed by atoms with van der Waals surface area (Å²) in [6, 6.07) is 0. The summed E-state index contributed by atoms with van der Waals surface area (Å²) in [6.07, 6.45) is 1.88. The van der Waals surface area contributed by atoms with E-state index in [1.807, 2.05) is 20.2 Å². The molecule has 0 spiro atoms. The van der Waals surface area contributed by atoms with Gasteiger partial charge in [-0.1, -0.05) is 6.08 Å². The van der Waals surface area contributed by atoms with Crippen LogP contribution in [0.4, 0.5) is 0 Å². The van der Waals surface area contributed by atoms with Crippen LogP contribution in [0.3, 0.4) is 0 Å². The van der Waals surface area contributed by atoms with Gasteiger partial charge in [0.1, 0.15) is 0 Å². The smallest absolute Gasteiger partial charge is 0.0154 e. The Bertz CT molecular complexity index is 45.7. The second-order valence-electron chi connectivity index (χ2n) is 1.55. The molecule has 3 heteroatoms. The first-order chi connectivity index (χ1) is 2.77. The molecule has 3 nitrogen and oxygen atoms in total. The van der Waals surface area contributed by atoms with Gasteiger partial charge in [-0.3, -0.25) is 0 Å². The Kier molecular flexibility index (Phi) is 19.2. The van der Waals surface area contributed by atoms with E-state index in [1.54, 1.807) is 0 Å². The minimum absolute atomic E-state index is 0. The average molecular weight is 120 g/mol. The lowest BCUT2D eigenvalue weighted by molar-refractivity contribution is 0.457. The van der Waals surface area contributed by atoms with Gasteiger partial charge < -0.3 is 16.5 Å². The third-order valence-corrected chi connectivity index (χ3v) is 0.494. The molecule has 0 aromatic carbocycles.